The van der Waals surface area contributed by atoms with E-state index in [1.54, 1.807) is 6.07 Å². The van der Waals surface area contributed by atoms with Crippen molar-refractivity contribution in [1.82, 2.24) is 4.98 Å². The summed E-state index contributed by atoms with van der Waals surface area (Å²) in [5.41, 5.74) is 8.47. The van der Waals surface area contributed by atoms with Gasteiger partial charge in [0, 0.05) is 27.0 Å². The first-order valence-electron chi connectivity index (χ1n) is 6.39. The number of hydrogen-bond acceptors (Lipinski definition) is 3. The number of thiazole rings is 1. The number of halogens is 2. The third-order valence-electron chi connectivity index (χ3n) is 3.09. The molecule has 3 rings (SSSR count). The van der Waals surface area contributed by atoms with Gasteiger partial charge in [-0.15, -0.1) is 11.3 Å². The first-order valence-corrected chi connectivity index (χ1v) is 8.00. The van der Waals surface area contributed by atoms with Crippen LogP contribution in [0.5, 0.6) is 0 Å². The molecule has 0 saturated carbocycles. The van der Waals surface area contributed by atoms with E-state index in [1.165, 1.54) is 23.5 Å². The predicted molar refractivity (Wildman–Crippen MR) is 88.5 cm³/mol. The van der Waals surface area contributed by atoms with E-state index >= 15 is 0 Å². The summed E-state index contributed by atoms with van der Waals surface area (Å²) < 4.78 is 14.3. The maximum atomic E-state index is 13.5. The predicted octanol–water partition coefficient (Wildman–Crippen LogP) is 4.84. The summed E-state index contributed by atoms with van der Waals surface area (Å²) in [6.45, 7) is 0.412. The van der Waals surface area contributed by atoms with Crippen molar-refractivity contribution in [2.24, 2.45) is 5.73 Å². The third-order valence-corrected chi connectivity index (χ3v) is 4.89. The fourth-order valence-corrected chi connectivity index (χ4v) is 3.65. The van der Waals surface area contributed by atoms with E-state index in [-0.39, 0.29) is 5.82 Å². The molecule has 3 aromatic rings. The van der Waals surface area contributed by atoms with Crippen LogP contribution in [0.25, 0.3) is 21.8 Å². The van der Waals surface area contributed by atoms with Gasteiger partial charge >= 0.3 is 0 Å². The highest BCUT2D eigenvalue weighted by atomic mass is 79.9. The van der Waals surface area contributed by atoms with E-state index < -0.39 is 0 Å². The Labute approximate surface area is 134 Å². The van der Waals surface area contributed by atoms with Crippen LogP contribution >= 0.6 is 27.3 Å². The fourth-order valence-electron chi connectivity index (χ4n) is 2.09. The molecule has 0 unspecified atom stereocenters. The molecule has 0 radical (unpaired) electrons. The van der Waals surface area contributed by atoms with Crippen LogP contribution < -0.4 is 5.73 Å². The van der Waals surface area contributed by atoms with Crippen LogP contribution in [-0.2, 0) is 6.54 Å². The second-order valence-corrected chi connectivity index (χ2v) is 6.42. The standard InChI is InChI=1S/C16H12BrFN2S/c17-13-7-6-11(18)8-12(13)16-20-15(14(9-19)21-16)10-4-2-1-3-5-10/h1-8H,9,19H2. The molecule has 1 aromatic heterocycles. The van der Waals surface area contributed by atoms with Crippen LogP contribution in [-0.4, -0.2) is 4.98 Å². The van der Waals surface area contributed by atoms with Gasteiger partial charge in [0.2, 0.25) is 0 Å². The normalized spacial score (nSPS) is 10.8. The van der Waals surface area contributed by atoms with Crippen molar-refractivity contribution < 1.29 is 4.39 Å². The molecule has 2 aromatic carbocycles. The fraction of sp³-hybridized carbons (Fsp3) is 0.0625. The average molecular weight is 363 g/mol. The van der Waals surface area contributed by atoms with Gasteiger partial charge in [0.05, 0.1) is 5.69 Å². The maximum absolute atomic E-state index is 13.5. The van der Waals surface area contributed by atoms with Gasteiger partial charge < -0.3 is 5.73 Å². The minimum absolute atomic E-state index is 0.279. The lowest BCUT2D eigenvalue weighted by Crippen LogP contribution is -1.95. The zero-order valence-electron chi connectivity index (χ0n) is 11.0. The molecule has 0 spiro atoms. The smallest absolute Gasteiger partial charge is 0.125 e. The molecule has 5 heteroatoms. The number of aromatic nitrogens is 1. The SMILES string of the molecule is NCc1sc(-c2cc(F)ccc2Br)nc1-c1ccccc1. The Bertz CT molecular complexity index is 771. The van der Waals surface area contributed by atoms with Crippen LogP contribution in [0.4, 0.5) is 4.39 Å². The molecule has 2 nitrogen and oxygen atoms in total. The number of nitrogens with two attached hydrogens (primary N) is 1. The largest absolute Gasteiger partial charge is 0.326 e. The van der Waals surface area contributed by atoms with E-state index in [0.29, 0.717) is 6.54 Å². The Hall–Kier alpha value is -1.56. The molecule has 0 aliphatic rings. The molecule has 2 N–H and O–H groups in total. The van der Waals surface area contributed by atoms with Gasteiger partial charge in [0.1, 0.15) is 10.8 Å². The molecule has 0 aliphatic heterocycles. The lowest BCUT2D eigenvalue weighted by molar-refractivity contribution is 0.628. The lowest BCUT2D eigenvalue weighted by atomic mass is 10.1. The number of nitrogens with zero attached hydrogens (tertiary/aromatic N) is 1. The van der Waals surface area contributed by atoms with Gasteiger partial charge in [0.15, 0.2) is 0 Å². The van der Waals surface area contributed by atoms with Gasteiger partial charge in [-0.25, -0.2) is 9.37 Å². The van der Waals surface area contributed by atoms with Gasteiger partial charge in [-0.05, 0) is 18.2 Å². The summed E-state index contributed by atoms with van der Waals surface area (Å²) in [5, 5.41) is 0.765. The van der Waals surface area contributed by atoms with E-state index in [4.69, 9.17) is 5.73 Å². The molecule has 0 fully saturated rings. The molecule has 1 heterocycles. The Kier molecular flexibility index (Phi) is 4.14. The molecule has 21 heavy (non-hydrogen) atoms. The lowest BCUT2D eigenvalue weighted by Gasteiger charge is -2.00. The van der Waals surface area contributed by atoms with Crippen LogP contribution in [0, 0.1) is 5.82 Å². The zero-order valence-corrected chi connectivity index (χ0v) is 13.4. The minimum atomic E-state index is -0.279. The second kappa shape index (κ2) is 6.05. The molecule has 0 atom stereocenters. The Morgan fingerprint density at radius 1 is 1.14 bits per heavy atom. The van der Waals surface area contributed by atoms with Crippen molar-refractivity contribution in [3.05, 3.63) is 63.7 Å². The topological polar surface area (TPSA) is 38.9 Å². The van der Waals surface area contributed by atoms with Gasteiger partial charge in [-0.3, -0.25) is 0 Å². The highest BCUT2D eigenvalue weighted by Gasteiger charge is 2.15. The Balaban J connectivity index is 2.14. The quantitative estimate of drug-likeness (QED) is 0.723. The van der Waals surface area contributed by atoms with E-state index in [0.717, 1.165) is 31.2 Å². The maximum Gasteiger partial charge on any atom is 0.125 e. The third kappa shape index (κ3) is 2.90. The van der Waals surface area contributed by atoms with Gasteiger partial charge in [-0.2, -0.15) is 0 Å². The monoisotopic (exact) mass is 362 g/mol. The van der Waals surface area contributed by atoms with Crippen molar-refractivity contribution >= 4 is 27.3 Å². The van der Waals surface area contributed by atoms with E-state index in [2.05, 4.69) is 20.9 Å². The average Bonchev–Trinajstić information content (AvgIpc) is 2.94. The van der Waals surface area contributed by atoms with Crippen molar-refractivity contribution in [2.75, 3.05) is 0 Å². The van der Waals surface area contributed by atoms with Crippen LogP contribution in [0.1, 0.15) is 4.88 Å². The minimum Gasteiger partial charge on any atom is -0.326 e. The van der Waals surface area contributed by atoms with Crippen molar-refractivity contribution in [1.29, 1.82) is 0 Å². The van der Waals surface area contributed by atoms with Crippen molar-refractivity contribution in [2.45, 2.75) is 6.54 Å². The summed E-state index contributed by atoms with van der Waals surface area (Å²) in [7, 11) is 0. The van der Waals surface area contributed by atoms with Crippen LogP contribution in [0.3, 0.4) is 0 Å². The summed E-state index contributed by atoms with van der Waals surface area (Å²) in [4.78, 5) is 5.66. The molecular weight excluding hydrogens is 351 g/mol. The first kappa shape index (κ1) is 14.4. The number of benzene rings is 2. The molecule has 0 amide bonds. The molecule has 0 saturated heterocycles. The first-order chi connectivity index (χ1) is 10.2. The van der Waals surface area contributed by atoms with Gasteiger partial charge in [0.25, 0.3) is 0 Å². The summed E-state index contributed by atoms with van der Waals surface area (Å²) in [6.07, 6.45) is 0. The number of rotatable bonds is 3. The summed E-state index contributed by atoms with van der Waals surface area (Å²) in [6, 6.07) is 14.5. The van der Waals surface area contributed by atoms with Crippen LogP contribution in [0.15, 0.2) is 53.0 Å². The second-order valence-electron chi connectivity index (χ2n) is 4.49. The van der Waals surface area contributed by atoms with E-state index in [9.17, 15) is 4.39 Å². The highest BCUT2D eigenvalue weighted by molar-refractivity contribution is 9.10. The molecule has 0 bridgehead atoms. The Morgan fingerprint density at radius 3 is 2.62 bits per heavy atom. The molecular formula is C16H12BrFN2S. The summed E-state index contributed by atoms with van der Waals surface area (Å²) >= 11 is 4.95. The van der Waals surface area contributed by atoms with Crippen molar-refractivity contribution in [3.63, 3.8) is 0 Å². The molecule has 106 valence electrons. The molecule has 0 aliphatic carbocycles. The highest BCUT2D eigenvalue weighted by Crippen LogP contribution is 2.37. The van der Waals surface area contributed by atoms with Crippen LogP contribution in [0.2, 0.25) is 0 Å². The van der Waals surface area contributed by atoms with Crippen molar-refractivity contribution in [3.8, 4) is 21.8 Å². The Morgan fingerprint density at radius 2 is 1.90 bits per heavy atom. The number of hydrogen-bond donors (Lipinski definition) is 1. The summed E-state index contributed by atoms with van der Waals surface area (Å²) in [5.74, 6) is -0.279. The van der Waals surface area contributed by atoms with E-state index in [1.807, 2.05) is 30.3 Å². The zero-order chi connectivity index (χ0) is 14.8. The van der Waals surface area contributed by atoms with Gasteiger partial charge in [-0.1, -0.05) is 46.3 Å².